The standard InChI is InChI=1S/C11H12ClFINO2/c1-11(2,3)17-10(16)15-7-5-4-6(13)9(14)8(7)12/h4-5H,1-3H3,(H,15,16). The number of benzene rings is 1. The summed E-state index contributed by atoms with van der Waals surface area (Å²) in [5.41, 5.74) is -0.268. The summed E-state index contributed by atoms with van der Waals surface area (Å²) in [6.45, 7) is 5.26. The quantitative estimate of drug-likeness (QED) is 0.586. The lowest BCUT2D eigenvalue weighted by Crippen LogP contribution is -2.27. The van der Waals surface area contributed by atoms with Crippen molar-refractivity contribution >= 4 is 46.0 Å². The Morgan fingerprint density at radius 1 is 1.47 bits per heavy atom. The van der Waals surface area contributed by atoms with Gasteiger partial charge >= 0.3 is 6.09 Å². The molecule has 0 unspecified atom stereocenters. The Kier molecular flexibility index (Phi) is 4.60. The SMILES string of the molecule is CC(C)(C)OC(=O)Nc1ccc(F)c(I)c1Cl. The molecule has 1 aromatic carbocycles. The van der Waals surface area contributed by atoms with Gasteiger partial charge in [-0.25, -0.2) is 9.18 Å². The Balaban J connectivity index is 2.83. The smallest absolute Gasteiger partial charge is 0.412 e. The van der Waals surface area contributed by atoms with E-state index >= 15 is 0 Å². The van der Waals surface area contributed by atoms with E-state index in [0.29, 0.717) is 5.69 Å². The molecular formula is C11H12ClFINO2. The fourth-order valence-corrected chi connectivity index (χ4v) is 1.71. The number of anilines is 1. The van der Waals surface area contributed by atoms with Crippen molar-refractivity contribution in [1.29, 1.82) is 0 Å². The monoisotopic (exact) mass is 371 g/mol. The normalized spacial score (nSPS) is 11.2. The lowest BCUT2D eigenvalue weighted by atomic mass is 10.2. The highest BCUT2D eigenvalue weighted by molar-refractivity contribution is 14.1. The molecule has 17 heavy (non-hydrogen) atoms. The summed E-state index contributed by atoms with van der Waals surface area (Å²) in [4.78, 5) is 11.5. The predicted octanol–water partition coefficient (Wildman–Crippen LogP) is 4.43. The second kappa shape index (κ2) is 5.39. The molecule has 94 valence electrons. The molecule has 0 fully saturated rings. The van der Waals surface area contributed by atoms with Crippen molar-refractivity contribution in [2.45, 2.75) is 26.4 Å². The van der Waals surface area contributed by atoms with E-state index in [1.165, 1.54) is 12.1 Å². The summed E-state index contributed by atoms with van der Waals surface area (Å²) in [6.07, 6.45) is -0.623. The van der Waals surface area contributed by atoms with Crippen molar-refractivity contribution in [3.63, 3.8) is 0 Å². The minimum Gasteiger partial charge on any atom is -0.444 e. The van der Waals surface area contributed by atoms with E-state index in [4.69, 9.17) is 16.3 Å². The zero-order valence-electron chi connectivity index (χ0n) is 9.61. The molecule has 0 bridgehead atoms. The van der Waals surface area contributed by atoms with Gasteiger partial charge in [0.1, 0.15) is 11.4 Å². The third-order valence-electron chi connectivity index (χ3n) is 1.67. The molecule has 1 rings (SSSR count). The molecule has 3 nitrogen and oxygen atoms in total. The number of amides is 1. The van der Waals surface area contributed by atoms with Crippen LogP contribution in [0, 0.1) is 9.39 Å². The minimum atomic E-state index is -0.623. The van der Waals surface area contributed by atoms with Crippen LogP contribution in [-0.4, -0.2) is 11.7 Å². The van der Waals surface area contributed by atoms with Crippen LogP contribution in [0.3, 0.4) is 0 Å². The summed E-state index contributed by atoms with van der Waals surface area (Å²) < 4.78 is 18.5. The molecule has 0 aromatic heterocycles. The van der Waals surface area contributed by atoms with Gasteiger partial charge in [0.05, 0.1) is 14.3 Å². The molecule has 0 spiro atoms. The van der Waals surface area contributed by atoms with Gasteiger partial charge in [-0.15, -0.1) is 0 Å². The maximum atomic E-state index is 13.1. The number of carbonyl (C=O) groups is 1. The van der Waals surface area contributed by atoms with Gasteiger partial charge in [-0.3, -0.25) is 5.32 Å². The van der Waals surface area contributed by atoms with Gasteiger partial charge in [0.15, 0.2) is 0 Å². The Morgan fingerprint density at radius 2 is 2.06 bits per heavy atom. The number of halogens is 3. The maximum Gasteiger partial charge on any atom is 0.412 e. The van der Waals surface area contributed by atoms with Gasteiger partial charge in [-0.2, -0.15) is 0 Å². The molecule has 0 saturated carbocycles. The van der Waals surface area contributed by atoms with Crippen molar-refractivity contribution < 1.29 is 13.9 Å². The third kappa shape index (κ3) is 4.31. The van der Waals surface area contributed by atoms with E-state index in [-0.39, 0.29) is 8.59 Å². The molecule has 6 heteroatoms. The summed E-state index contributed by atoms with van der Waals surface area (Å²) in [7, 11) is 0. The number of ether oxygens (including phenoxy) is 1. The first-order valence-electron chi connectivity index (χ1n) is 4.84. The second-order valence-corrected chi connectivity index (χ2v) is 5.81. The fraction of sp³-hybridized carbons (Fsp3) is 0.364. The lowest BCUT2D eigenvalue weighted by Gasteiger charge is -2.20. The number of hydrogen-bond donors (Lipinski definition) is 1. The largest absolute Gasteiger partial charge is 0.444 e. The van der Waals surface area contributed by atoms with E-state index in [1.54, 1.807) is 43.4 Å². The second-order valence-electron chi connectivity index (χ2n) is 4.35. The molecule has 0 aliphatic heterocycles. The summed E-state index contributed by atoms with van der Waals surface area (Å²) >= 11 is 7.67. The molecular weight excluding hydrogens is 359 g/mol. The van der Waals surface area contributed by atoms with E-state index in [9.17, 15) is 9.18 Å². The number of carbonyl (C=O) groups excluding carboxylic acids is 1. The molecule has 0 heterocycles. The third-order valence-corrected chi connectivity index (χ3v) is 3.44. The van der Waals surface area contributed by atoms with Gasteiger partial charge in [0.2, 0.25) is 0 Å². The van der Waals surface area contributed by atoms with Crippen LogP contribution < -0.4 is 5.32 Å². The molecule has 0 saturated heterocycles. The van der Waals surface area contributed by atoms with Gasteiger partial charge in [-0.1, -0.05) is 11.6 Å². The maximum absolute atomic E-state index is 13.1. The number of rotatable bonds is 1. The average molecular weight is 372 g/mol. The van der Waals surface area contributed by atoms with Crippen LogP contribution in [0.1, 0.15) is 20.8 Å². The zero-order valence-corrected chi connectivity index (χ0v) is 12.5. The first kappa shape index (κ1) is 14.5. The Labute approximate surface area is 118 Å². The van der Waals surface area contributed by atoms with Crippen molar-refractivity contribution in [2.75, 3.05) is 5.32 Å². The van der Waals surface area contributed by atoms with Crippen LogP contribution in [-0.2, 0) is 4.74 Å². The van der Waals surface area contributed by atoms with Gasteiger partial charge < -0.3 is 4.74 Å². The van der Waals surface area contributed by atoms with Gasteiger partial charge in [0.25, 0.3) is 0 Å². The Morgan fingerprint density at radius 3 is 2.59 bits per heavy atom. The zero-order chi connectivity index (χ0) is 13.2. The Bertz CT molecular complexity index is 446. The number of hydrogen-bond acceptors (Lipinski definition) is 2. The highest BCUT2D eigenvalue weighted by Gasteiger charge is 2.18. The van der Waals surface area contributed by atoms with Gasteiger partial charge in [-0.05, 0) is 55.5 Å². The lowest BCUT2D eigenvalue weighted by molar-refractivity contribution is 0.0636. The van der Waals surface area contributed by atoms with E-state index in [0.717, 1.165) is 0 Å². The molecule has 1 amide bonds. The Hall–Kier alpha value is -0.560. The molecule has 0 aliphatic rings. The highest BCUT2D eigenvalue weighted by atomic mass is 127. The van der Waals surface area contributed by atoms with Crippen LogP contribution in [0.5, 0.6) is 0 Å². The average Bonchev–Trinajstić information content (AvgIpc) is 2.16. The van der Waals surface area contributed by atoms with Gasteiger partial charge in [0, 0.05) is 0 Å². The first-order chi connectivity index (χ1) is 7.70. The molecule has 1 N–H and O–H groups in total. The van der Waals surface area contributed by atoms with E-state index < -0.39 is 17.5 Å². The number of nitrogens with one attached hydrogen (secondary N) is 1. The van der Waals surface area contributed by atoms with Crippen molar-refractivity contribution in [3.05, 3.63) is 26.5 Å². The predicted molar refractivity (Wildman–Crippen MR) is 74.0 cm³/mol. The van der Waals surface area contributed by atoms with Crippen molar-refractivity contribution in [1.82, 2.24) is 0 Å². The first-order valence-corrected chi connectivity index (χ1v) is 6.30. The van der Waals surface area contributed by atoms with E-state index in [2.05, 4.69) is 5.32 Å². The molecule has 0 aliphatic carbocycles. The fourth-order valence-electron chi connectivity index (χ4n) is 1.04. The highest BCUT2D eigenvalue weighted by Crippen LogP contribution is 2.29. The van der Waals surface area contributed by atoms with Crippen LogP contribution in [0.25, 0.3) is 0 Å². The molecule has 0 radical (unpaired) electrons. The van der Waals surface area contributed by atoms with Crippen LogP contribution in [0.15, 0.2) is 12.1 Å². The summed E-state index contributed by atoms with van der Waals surface area (Å²) in [5, 5.41) is 2.63. The topological polar surface area (TPSA) is 38.3 Å². The van der Waals surface area contributed by atoms with Crippen molar-refractivity contribution in [3.8, 4) is 0 Å². The van der Waals surface area contributed by atoms with Crippen LogP contribution >= 0.6 is 34.2 Å². The minimum absolute atomic E-state index is 0.163. The molecule has 1 aromatic rings. The van der Waals surface area contributed by atoms with E-state index in [1.807, 2.05) is 0 Å². The van der Waals surface area contributed by atoms with Crippen LogP contribution in [0.2, 0.25) is 5.02 Å². The summed E-state index contributed by atoms with van der Waals surface area (Å²) in [6, 6.07) is 2.63. The van der Waals surface area contributed by atoms with Crippen LogP contribution in [0.4, 0.5) is 14.9 Å². The summed E-state index contributed by atoms with van der Waals surface area (Å²) in [5.74, 6) is -0.426. The van der Waals surface area contributed by atoms with Crippen molar-refractivity contribution in [2.24, 2.45) is 0 Å². The molecule has 0 atom stereocenters.